The van der Waals surface area contributed by atoms with E-state index in [2.05, 4.69) is 32.0 Å². The molecular weight excluding hydrogens is 228 g/mol. The van der Waals surface area contributed by atoms with Gasteiger partial charge < -0.3 is 0 Å². The van der Waals surface area contributed by atoms with Gasteiger partial charge in [0.2, 0.25) is 0 Å². The minimum absolute atomic E-state index is 0.0856. The average molecular weight is 237 g/mol. The first kappa shape index (κ1) is 8.63. The number of rotatable bonds is 1. The molecule has 0 saturated heterocycles. The van der Waals surface area contributed by atoms with Gasteiger partial charge in [-0.15, -0.1) is 0 Å². The van der Waals surface area contributed by atoms with E-state index in [0.717, 1.165) is 6.42 Å². The lowest BCUT2D eigenvalue weighted by Crippen LogP contribution is -2.17. The Morgan fingerprint density at radius 2 is 2.08 bits per heavy atom. The predicted octanol–water partition coefficient (Wildman–Crippen LogP) is 2.66. The fraction of sp³-hybridized carbons (Fsp3) is 0.200. The Morgan fingerprint density at radius 1 is 1.31 bits per heavy atom. The highest BCUT2D eigenvalue weighted by molar-refractivity contribution is 9.09. The Balaban J connectivity index is 2.35. The molecular formula is C10H9BrN2. The summed E-state index contributed by atoms with van der Waals surface area (Å²) in [5.41, 5.74) is 1.21. The standard InChI is InChI=1S/C10H9BrN2/c11-10(3-7-13-8-4-10)9-1-5-12-6-2-9/h1-3,5-8H,4H2. The lowest BCUT2D eigenvalue weighted by molar-refractivity contribution is 0.825. The number of aromatic nitrogens is 1. The molecule has 3 heteroatoms. The van der Waals surface area contributed by atoms with Gasteiger partial charge in [-0.05, 0) is 23.8 Å². The van der Waals surface area contributed by atoms with E-state index < -0.39 is 0 Å². The lowest BCUT2D eigenvalue weighted by atomic mass is 9.96. The van der Waals surface area contributed by atoms with Crippen molar-refractivity contribution < 1.29 is 0 Å². The van der Waals surface area contributed by atoms with Crippen LogP contribution >= 0.6 is 15.9 Å². The van der Waals surface area contributed by atoms with Gasteiger partial charge in [0, 0.05) is 31.2 Å². The largest absolute Gasteiger partial charge is 0.269 e. The average Bonchev–Trinajstić information content (AvgIpc) is 2.20. The number of allylic oxidation sites excluding steroid dienone is 1. The third-order valence-corrected chi connectivity index (χ3v) is 3.12. The van der Waals surface area contributed by atoms with Crippen LogP contribution in [-0.4, -0.2) is 11.2 Å². The van der Waals surface area contributed by atoms with Crippen molar-refractivity contribution in [1.29, 1.82) is 0 Å². The van der Waals surface area contributed by atoms with Crippen LogP contribution in [0, 0.1) is 0 Å². The Hall–Kier alpha value is -0.960. The molecule has 0 aromatic carbocycles. The summed E-state index contributed by atoms with van der Waals surface area (Å²) >= 11 is 3.70. The summed E-state index contributed by atoms with van der Waals surface area (Å²) in [7, 11) is 0. The zero-order valence-electron chi connectivity index (χ0n) is 7.02. The maximum absolute atomic E-state index is 4.05. The van der Waals surface area contributed by atoms with Gasteiger partial charge in [-0.3, -0.25) is 9.98 Å². The van der Waals surface area contributed by atoms with E-state index in [1.54, 1.807) is 12.4 Å². The first-order chi connectivity index (χ1) is 6.31. The Morgan fingerprint density at radius 3 is 2.69 bits per heavy atom. The van der Waals surface area contributed by atoms with Crippen LogP contribution in [-0.2, 0) is 4.32 Å². The highest BCUT2D eigenvalue weighted by Gasteiger charge is 2.25. The fourth-order valence-corrected chi connectivity index (χ4v) is 1.85. The molecule has 2 heterocycles. The summed E-state index contributed by atoms with van der Waals surface area (Å²) in [6.45, 7) is 0. The summed E-state index contributed by atoms with van der Waals surface area (Å²) in [4.78, 5) is 8.04. The van der Waals surface area contributed by atoms with E-state index in [1.165, 1.54) is 5.56 Å². The van der Waals surface area contributed by atoms with Crippen molar-refractivity contribution >= 4 is 22.1 Å². The minimum Gasteiger partial charge on any atom is -0.269 e. The van der Waals surface area contributed by atoms with Gasteiger partial charge in [0.1, 0.15) is 0 Å². The topological polar surface area (TPSA) is 25.2 Å². The van der Waals surface area contributed by atoms with Crippen molar-refractivity contribution in [3.05, 3.63) is 42.4 Å². The molecule has 13 heavy (non-hydrogen) atoms. The maximum atomic E-state index is 4.05. The maximum Gasteiger partial charge on any atom is 0.0753 e. The Labute approximate surface area is 85.5 Å². The summed E-state index contributed by atoms with van der Waals surface area (Å²) < 4.78 is -0.0856. The molecule has 66 valence electrons. The molecule has 0 N–H and O–H groups in total. The normalized spacial score (nSPS) is 26.2. The molecule has 1 unspecified atom stereocenters. The lowest BCUT2D eigenvalue weighted by Gasteiger charge is -2.23. The molecule has 1 aromatic heterocycles. The van der Waals surface area contributed by atoms with Crippen LogP contribution in [0.1, 0.15) is 12.0 Å². The molecule has 2 rings (SSSR count). The van der Waals surface area contributed by atoms with E-state index in [4.69, 9.17) is 0 Å². The van der Waals surface area contributed by atoms with Gasteiger partial charge in [-0.2, -0.15) is 0 Å². The molecule has 2 nitrogen and oxygen atoms in total. The van der Waals surface area contributed by atoms with Crippen molar-refractivity contribution in [2.75, 3.05) is 0 Å². The second-order valence-electron chi connectivity index (χ2n) is 2.95. The molecule has 0 saturated carbocycles. The number of nitrogens with zero attached hydrogens (tertiary/aromatic N) is 2. The van der Waals surface area contributed by atoms with Crippen LogP contribution in [0.5, 0.6) is 0 Å². The molecule has 1 aliphatic heterocycles. The molecule has 0 radical (unpaired) electrons. The van der Waals surface area contributed by atoms with Crippen LogP contribution in [0.25, 0.3) is 0 Å². The summed E-state index contributed by atoms with van der Waals surface area (Å²) in [5, 5.41) is 0. The van der Waals surface area contributed by atoms with Crippen LogP contribution in [0.3, 0.4) is 0 Å². The van der Waals surface area contributed by atoms with E-state index >= 15 is 0 Å². The molecule has 1 aliphatic rings. The molecule has 1 atom stereocenters. The van der Waals surface area contributed by atoms with Crippen molar-refractivity contribution in [2.24, 2.45) is 4.99 Å². The van der Waals surface area contributed by atoms with Gasteiger partial charge >= 0.3 is 0 Å². The number of hydrogen-bond acceptors (Lipinski definition) is 2. The summed E-state index contributed by atoms with van der Waals surface area (Å²) in [6.07, 6.45) is 10.3. The number of halogens is 1. The second kappa shape index (κ2) is 3.42. The van der Waals surface area contributed by atoms with E-state index in [0.29, 0.717) is 0 Å². The van der Waals surface area contributed by atoms with Crippen LogP contribution in [0.15, 0.2) is 41.8 Å². The number of hydrogen-bond donors (Lipinski definition) is 0. The van der Waals surface area contributed by atoms with E-state index in [1.807, 2.05) is 24.5 Å². The molecule has 0 spiro atoms. The monoisotopic (exact) mass is 236 g/mol. The van der Waals surface area contributed by atoms with Gasteiger partial charge in [0.05, 0.1) is 4.32 Å². The van der Waals surface area contributed by atoms with Crippen molar-refractivity contribution in [2.45, 2.75) is 10.7 Å². The first-order valence-corrected chi connectivity index (χ1v) is 4.89. The van der Waals surface area contributed by atoms with Gasteiger partial charge in [0.25, 0.3) is 0 Å². The Bertz CT molecular complexity index is 345. The number of pyridine rings is 1. The van der Waals surface area contributed by atoms with Crippen LogP contribution in [0.4, 0.5) is 0 Å². The summed E-state index contributed by atoms with van der Waals surface area (Å²) in [6, 6.07) is 4.02. The van der Waals surface area contributed by atoms with E-state index in [9.17, 15) is 0 Å². The van der Waals surface area contributed by atoms with Gasteiger partial charge in [-0.25, -0.2) is 0 Å². The second-order valence-corrected chi connectivity index (χ2v) is 4.36. The van der Waals surface area contributed by atoms with Crippen molar-refractivity contribution in [3.8, 4) is 0 Å². The van der Waals surface area contributed by atoms with Crippen molar-refractivity contribution in [3.63, 3.8) is 0 Å². The highest BCUT2D eigenvalue weighted by Crippen LogP contribution is 2.36. The van der Waals surface area contributed by atoms with E-state index in [-0.39, 0.29) is 4.32 Å². The molecule has 0 bridgehead atoms. The van der Waals surface area contributed by atoms with Crippen molar-refractivity contribution in [1.82, 2.24) is 4.98 Å². The van der Waals surface area contributed by atoms with Gasteiger partial charge in [0.15, 0.2) is 0 Å². The third-order valence-electron chi connectivity index (χ3n) is 2.08. The zero-order chi connectivity index (χ0) is 9.15. The quantitative estimate of drug-likeness (QED) is 0.689. The number of aliphatic imine (C=N–C) groups is 1. The first-order valence-electron chi connectivity index (χ1n) is 4.10. The fourth-order valence-electron chi connectivity index (χ4n) is 1.32. The molecule has 0 aliphatic carbocycles. The molecule has 1 aromatic rings. The van der Waals surface area contributed by atoms with Gasteiger partial charge in [-0.1, -0.05) is 15.9 Å². The smallest absolute Gasteiger partial charge is 0.0753 e. The van der Waals surface area contributed by atoms with Crippen LogP contribution in [0.2, 0.25) is 0 Å². The Kier molecular flexibility index (Phi) is 2.27. The SMILES string of the molecule is BrC1(c2ccncc2)C=CN=CC1. The predicted molar refractivity (Wildman–Crippen MR) is 57.1 cm³/mol. The molecule has 0 fully saturated rings. The minimum atomic E-state index is -0.0856. The third kappa shape index (κ3) is 1.70. The number of alkyl halides is 1. The van der Waals surface area contributed by atoms with Crippen LogP contribution < -0.4 is 0 Å². The molecule has 0 amide bonds. The highest BCUT2D eigenvalue weighted by atomic mass is 79.9. The summed E-state index contributed by atoms with van der Waals surface area (Å²) in [5.74, 6) is 0. The zero-order valence-corrected chi connectivity index (χ0v) is 8.61.